The van der Waals surface area contributed by atoms with Gasteiger partial charge in [0.25, 0.3) is 0 Å². The molecule has 1 aromatic rings. The smallest absolute Gasteiger partial charge is 0.410 e. The first-order chi connectivity index (χ1) is 13.7. The first-order valence-corrected chi connectivity index (χ1v) is 10.1. The number of aliphatic imine (C=N–C) groups is 1. The number of fused-ring (bicyclic) bond motifs is 3. The van der Waals surface area contributed by atoms with Crippen LogP contribution in [0.1, 0.15) is 52.0 Å². The van der Waals surface area contributed by atoms with Crippen LogP contribution in [0.15, 0.2) is 41.9 Å². The Morgan fingerprint density at radius 2 is 2.07 bits per heavy atom. The normalized spacial score (nSPS) is 23.0. The van der Waals surface area contributed by atoms with Gasteiger partial charge in [0, 0.05) is 18.4 Å². The van der Waals surface area contributed by atoms with Crippen LogP contribution < -0.4 is 0 Å². The van der Waals surface area contributed by atoms with Crippen molar-refractivity contribution in [2.24, 2.45) is 4.99 Å². The zero-order chi connectivity index (χ0) is 21.2. The highest BCUT2D eigenvalue weighted by atomic mass is 16.6. The van der Waals surface area contributed by atoms with E-state index >= 15 is 0 Å². The molecule has 0 aliphatic carbocycles. The number of rotatable bonds is 5. The highest BCUT2D eigenvalue weighted by Crippen LogP contribution is 2.49. The Bertz CT molecular complexity index is 840. The van der Waals surface area contributed by atoms with Gasteiger partial charge in [-0.2, -0.15) is 0 Å². The minimum atomic E-state index is -0.597. The summed E-state index contributed by atoms with van der Waals surface area (Å²) in [5, 5.41) is 0. The number of carbonyl (C=O) groups excluding carboxylic acids is 2. The highest BCUT2D eigenvalue weighted by molar-refractivity contribution is 6.07. The average Bonchev–Trinajstić information content (AvgIpc) is 2.99. The summed E-state index contributed by atoms with van der Waals surface area (Å²) >= 11 is 0. The van der Waals surface area contributed by atoms with Crippen LogP contribution in [-0.2, 0) is 19.7 Å². The first-order valence-electron chi connectivity index (χ1n) is 10.1. The van der Waals surface area contributed by atoms with Gasteiger partial charge in [-0.3, -0.25) is 14.7 Å². The van der Waals surface area contributed by atoms with Crippen molar-refractivity contribution in [1.82, 2.24) is 4.90 Å². The molecule has 1 saturated heterocycles. The van der Waals surface area contributed by atoms with Crippen LogP contribution >= 0.6 is 0 Å². The van der Waals surface area contributed by atoms with E-state index in [2.05, 4.69) is 12.6 Å². The summed E-state index contributed by atoms with van der Waals surface area (Å²) in [4.78, 5) is 31.5. The predicted molar refractivity (Wildman–Crippen MR) is 113 cm³/mol. The molecule has 0 bridgehead atoms. The summed E-state index contributed by atoms with van der Waals surface area (Å²) in [5.74, 6) is -0.301. The van der Waals surface area contributed by atoms with E-state index in [0.717, 1.165) is 24.2 Å². The van der Waals surface area contributed by atoms with E-state index < -0.39 is 5.60 Å². The molecule has 3 rings (SSSR count). The molecule has 156 valence electrons. The van der Waals surface area contributed by atoms with Crippen molar-refractivity contribution in [3.05, 3.63) is 42.5 Å². The van der Waals surface area contributed by atoms with Gasteiger partial charge in [0.1, 0.15) is 5.60 Å². The Labute approximate surface area is 172 Å². The van der Waals surface area contributed by atoms with Crippen LogP contribution in [0.25, 0.3) is 0 Å². The van der Waals surface area contributed by atoms with Crippen LogP contribution in [0.2, 0.25) is 0 Å². The number of nitrogens with zero attached hydrogens (tertiary/aromatic N) is 2. The van der Waals surface area contributed by atoms with Gasteiger partial charge in [-0.1, -0.05) is 24.3 Å². The summed E-state index contributed by atoms with van der Waals surface area (Å²) in [6, 6.07) is 7.77. The van der Waals surface area contributed by atoms with E-state index in [-0.39, 0.29) is 29.9 Å². The number of likely N-dealkylation sites (tertiary alicyclic amines) is 1. The van der Waals surface area contributed by atoms with E-state index in [9.17, 15) is 9.59 Å². The molecule has 0 aromatic heterocycles. The molecule has 0 saturated carbocycles. The van der Waals surface area contributed by atoms with Crippen molar-refractivity contribution < 1.29 is 19.1 Å². The van der Waals surface area contributed by atoms with Gasteiger partial charge < -0.3 is 9.47 Å². The molecule has 2 aliphatic rings. The molecule has 1 aromatic carbocycles. The molecule has 2 aliphatic heterocycles. The Morgan fingerprint density at radius 3 is 2.72 bits per heavy atom. The van der Waals surface area contributed by atoms with Gasteiger partial charge in [-0.25, -0.2) is 4.79 Å². The second-order valence-corrected chi connectivity index (χ2v) is 8.64. The standard InChI is InChI=1S/C23H30N2O4/c1-6-13-23-14-15-25(21(27)29-22(2,3)4)18(11-12-19(26)28-5)20(23)24-17-10-8-7-9-16(17)23/h6-10,18H,1,11-15H2,2-5H3/t18-,23+/m1/s1. The van der Waals surface area contributed by atoms with Crippen LogP contribution in [0.4, 0.5) is 10.5 Å². The summed E-state index contributed by atoms with van der Waals surface area (Å²) < 4.78 is 10.5. The topological polar surface area (TPSA) is 68.2 Å². The van der Waals surface area contributed by atoms with Crippen molar-refractivity contribution in [1.29, 1.82) is 0 Å². The van der Waals surface area contributed by atoms with Crippen molar-refractivity contribution in [2.75, 3.05) is 13.7 Å². The zero-order valence-electron chi connectivity index (χ0n) is 17.7. The number of para-hydroxylation sites is 1. The number of piperidine rings is 1. The molecule has 0 unspecified atom stereocenters. The monoisotopic (exact) mass is 398 g/mol. The first kappa shape index (κ1) is 21.1. The van der Waals surface area contributed by atoms with Crippen LogP contribution in [0.3, 0.4) is 0 Å². The number of allylic oxidation sites excluding steroid dienone is 1. The number of benzene rings is 1. The molecule has 0 N–H and O–H groups in total. The zero-order valence-corrected chi connectivity index (χ0v) is 17.7. The molecule has 1 amide bonds. The van der Waals surface area contributed by atoms with Gasteiger partial charge in [-0.05, 0) is 51.7 Å². The molecule has 2 heterocycles. The molecule has 2 atom stereocenters. The summed E-state index contributed by atoms with van der Waals surface area (Å²) in [6.45, 7) is 10.0. The molecule has 6 nitrogen and oxygen atoms in total. The lowest BCUT2D eigenvalue weighted by molar-refractivity contribution is -0.140. The third kappa shape index (κ3) is 4.07. The second-order valence-electron chi connectivity index (χ2n) is 8.64. The molecule has 1 fully saturated rings. The predicted octanol–water partition coefficient (Wildman–Crippen LogP) is 4.55. The van der Waals surface area contributed by atoms with Gasteiger partial charge in [0.05, 0.1) is 24.6 Å². The molecule has 6 heteroatoms. The molecule has 0 spiro atoms. The Kier molecular flexibility index (Phi) is 5.82. The third-order valence-electron chi connectivity index (χ3n) is 5.59. The summed E-state index contributed by atoms with van der Waals surface area (Å²) in [7, 11) is 1.37. The molecule has 0 radical (unpaired) electrons. The number of ether oxygens (including phenoxy) is 2. The van der Waals surface area contributed by atoms with Gasteiger partial charge in [0.15, 0.2) is 0 Å². The largest absolute Gasteiger partial charge is 0.469 e. The SMILES string of the molecule is C=CC[C@@]12CCN(C(=O)OC(C)(C)C)[C@H](CCC(=O)OC)C1=Nc1ccccc12. The maximum Gasteiger partial charge on any atom is 0.410 e. The number of hydrogen-bond acceptors (Lipinski definition) is 5. The number of carbonyl (C=O) groups is 2. The van der Waals surface area contributed by atoms with Crippen LogP contribution in [0, 0.1) is 0 Å². The average molecular weight is 399 g/mol. The molecular weight excluding hydrogens is 368 g/mol. The fourth-order valence-corrected chi connectivity index (χ4v) is 4.37. The molecule has 29 heavy (non-hydrogen) atoms. The lowest BCUT2D eigenvalue weighted by atomic mass is 9.67. The van der Waals surface area contributed by atoms with Gasteiger partial charge >= 0.3 is 12.1 Å². The quantitative estimate of drug-likeness (QED) is 0.539. The highest BCUT2D eigenvalue weighted by Gasteiger charge is 2.51. The Balaban J connectivity index is 2.00. The number of esters is 1. The minimum Gasteiger partial charge on any atom is -0.469 e. The van der Waals surface area contributed by atoms with E-state index in [1.54, 1.807) is 4.90 Å². The summed E-state index contributed by atoms with van der Waals surface area (Å²) in [5.41, 5.74) is 2.12. The fraction of sp³-hybridized carbons (Fsp3) is 0.522. The van der Waals surface area contributed by atoms with Gasteiger partial charge in [-0.15, -0.1) is 6.58 Å². The van der Waals surface area contributed by atoms with E-state index in [1.807, 2.05) is 45.0 Å². The second kappa shape index (κ2) is 8.01. The maximum absolute atomic E-state index is 13.0. The number of hydrogen-bond donors (Lipinski definition) is 0. The van der Waals surface area contributed by atoms with Crippen molar-refractivity contribution in [2.45, 2.75) is 63.5 Å². The number of amides is 1. The van der Waals surface area contributed by atoms with Crippen LogP contribution in [-0.4, -0.2) is 48.0 Å². The van der Waals surface area contributed by atoms with Gasteiger partial charge in [0.2, 0.25) is 0 Å². The Hall–Kier alpha value is -2.63. The minimum absolute atomic E-state index is 0.208. The fourth-order valence-electron chi connectivity index (χ4n) is 4.37. The third-order valence-corrected chi connectivity index (χ3v) is 5.59. The van der Waals surface area contributed by atoms with Crippen molar-refractivity contribution >= 4 is 23.5 Å². The Morgan fingerprint density at radius 1 is 1.34 bits per heavy atom. The summed E-state index contributed by atoms with van der Waals surface area (Å²) in [6.07, 6.45) is 3.66. The van der Waals surface area contributed by atoms with Crippen molar-refractivity contribution in [3.8, 4) is 0 Å². The van der Waals surface area contributed by atoms with Crippen molar-refractivity contribution in [3.63, 3.8) is 0 Å². The van der Waals surface area contributed by atoms with E-state index in [0.29, 0.717) is 13.0 Å². The lowest BCUT2D eigenvalue weighted by Gasteiger charge is -2.45. The number of methoxy groups -OCH3 is 1. The lowest BCUT2D eigenvalue weighted by Crippen LogP contribution is -2.58. The molecular formula is C23H30N2O4. The maximum atomic E-state index is 13.0. The van der Waals surface area contributed by atoms with E-state index in [4.69, 9.17) is 14.5 Å². The van der Waals surface area contributed by atoms with Crippen LogP contribution in [0.5, 0.6) is 0 Å². The van der Waals surface area contributed by atoms with E-state index in [1.165, 1.54) is 12.7 Å².